The maximum atomic E-state index is 11.1. The van der Waals surface area contributed by atoms with Crippen LogP contribution in [0.25, 0.3) is 28.3 Å². The molecule has 0 bridgehead atoms. The van der Waals surface area contributed by atoms with Crippen LogP contribution in [0.3, 0.4) is 0 Å². The maximum Gasteiger partial charge on any atom is 0.167 e. The van der Waals surface area contributed by atoms with E-state index in [2.05, 4.69) is 31.9 Å². The van der Waals surface area contributed by atoms with E-state index in [1.807, 2.05) is 32.9 Å². The van der Waals surface area contributed by atoms with Gasteiger partial charge in [0.1, 0.15) is 24.2 Å². The number of allylic oxidation sites excluding steroid dienone is 4. The fourth-order valence-electron chi connectivity index (χ4n) is 5.60. The number of rotatable bonds is 21. The van der Waals surface area contributed by atoms with Gasteiger partial charge in [0.2, 0.25) is 0 Å². The van der Waals surface area contributed by atoms with E-state index in [-0.39, 0.29) is 19.0 Å². The number of aromatic hydroxyl groups is 1. The Hall–Kier alpha value is -3.99. The molecule has 48 heavy (non-hydrogen) atoms. The molecule has 7 heteroatoms. The molecule has 2 aromatic carbocycles. The van der Waals surface area contributed by atoms with Crippen molar-refractivity contribution >= 4 is 5.57 Å². The van der Waals surface area contributed by atoms with Crippen LogP contribution in [-0.4, -0.2) is 51.1 Å². The number of phenols is 1. The molecule has 3 rings (SSSR count). The highest BCUT2D eigenvalue weighted by atomic mass is 16.5. The van der Waals surface area contributed by atoms with Crippen LogP contribution in [0, 0.1) is 26.2 Å². The molecule has 1 aromatic heterocycles. The number of aromatic nitrogens is 3. The van der Waals surface area contributed by atoms with Crippen LogP contribution >= 0.6 is 0 Å². The topological polar surface area (TPSA) is 97.6 Å². The molecule has 1 atom stereocenters. The number of nitrogens with zero attached hydrogens (tertiary/aromatic N) is 3. The van der Waals surface area contributed by atoms with Crippen molar-refractivity contribution in [2.45, 2.75) is 111 Å². The summed E-state index contributed by atoms with van der Waals surface area (Å²) in [4.78, 5) is 14.4. The highest BCUT2D eigenvalue weighted by Gasteiger charge is 2.18. The predicted octanol–water partition coefficient (Wildman–Crippen LogP) is 9.58. The summed E-state index contributed by atoms with van der Waals surface area (Å²) in [5.74, 6) is 4.22. The van der Waals surface area contributed by atoms with Crippen molar-refractivity contribution in [1.82, 2.24) is 15.0 Å². The van der Waals surface area contributed by atoms with Gasteiger partial charge in [-0.1, -0.05) is 107 Å². The number of aliphatic hydroxyl groups is 1. The summed E-state index contributed by atoms with van der Waals surface area (Å²) in [6, 6.07) is 11.0. The molecular formula is C41H55N3O4. The zero-order valence-electron chi connectivity index (χ0n) is 29.7. The van der Waals surface area contributed by atoms with E-state index < -0.39 is 6.10 Å². The zero-order valence-corrected chi connectivity index (χ0v) is 29.7. The fourth-order valence-corrected chi connectivity index (χ4v) is 5.60. The van der Waals surface area contributed by atoms with Gasteiger partial charge in [-0.3, -0.25) is 0 Å². The van der Waals surface area contributed by atoms with E-state index in [4.69, 9.17) is 30.8 Å². The molecule has 7 nitrogen and oxygen atoms in total. The Morgan fingerprint density at radius 2 is 1.50 bits per heavy atom. The van der Waals surface area contributed by atoms with Crippen molar-refractivity contribution in [2.75, 3.05) is 19.8 Å². The lowest BCUT2D eigenvalue weighted by Crippen LogP contribution is -2.23. The van der Waals surface area contributed by atoms with Gasteiger partial charge in [-0.05, 0) is 63.0 Å². The Kier molecular flexibility index (Phi) is 16.9. The molecule has 0 radical (unpaired) electrons. The summed E-state index contributed by atoms with van der Waals surface area (Å²) >= 11 is 0. The van der Waals surface area contributed by atoms with Crippen molar-refractivity contribution in [3.8, 4) is 46.6 Å². The molecule has 0 saturated carbocycles. The van der Waals surface area contributed by atoms with Crippen LogP contribution in [-0.2, 0) is 4.74 Å². The van der Waals surface area contributed by atoms with E-state index in [0.717, 1.165) is 47.1 Å². The second kappa shape index (κ2) is 21.1. The van der Waals surface area contributed by atoms with Gasteiger partial charge >= 0.3 is 0 Å². The number of hydrogen-bond acceptors (Lipinski definition) is 7. The first-order chi connectivity index (χ1) is 23.3. The lowest BCUT2D eigenvalue weighted by atomic mass is 10.0. The molecule has 0 saturated heterocycles. The van der Waals surface area contributed by atoms with Crippen LogP contribution in [0.5, 0.6) is 11.5 Å². The summed E-state index contributed by atoms with van der Waals surface area (Å²) < 4.78 is 11.5. The molecule has 0 amide bonds. The summed E-state index contributed by atoms with van der Waals surface area (Å²) in [5, 5.41) is 21.5. The van der Waals surface area contributed by atoms with Crippen molar-refractivity contribution in [3.05, 3.63) is 71.1 Å². The fraction of sp³-hybridized carbons (Fsp3) is 0.488. The molecule has 1 heterocycles. The van der Waals surface area contributed by atoms with Crippen LogP contribution in [0.15, 0.2) is 54.1 Å². The molecule has 0 aliphatic heterocycles. The quantitative estimate of drug-likeness (QED) is 0.0671. The minimum absolute atomic E-state index is 0.0485. The van der Waals surface area contributed by atoms with E-state index in [1.165, 1.54) is 57.4 Å². The molecule has 0 aliphatic rings. The average Bonchev–Trinajstić information content (AvgIpc) is 3.06. The van der Waals surface area contributed by atoms with Crippen molar-refractivity contribution in [3.63, 3.8) is 0 Å². The summed E-state index contributed by atoms with van der Waals surface area (Å²) in [6.07, 6.45) is 22.2. The number of unbranched alkanes of at least 4 members (excludes halogenated alkanes) is 9. The molecule has 258 valence electrons. The molecule has 3 aromatic rings. The van der Waals surface area contributed by atoms with Crippen LogP contribution < -0.4 is 4.74 Å². The number of terminal acetylenes is 1. The number of hydrogen-bond donors (Lipinski definition) is 2. The first-order valence-electron chi connectivity index (χ1n) is 17.7. The van der Waals surface area contributed by atoms with E-state index in [0.29, 0.717) is 35.4 Å². The van der Waals surface area contributed by atoms with Gasteiger partial charge in [0.15, 0.2) is 17.5 Å². The van der Waals surface area contributed by atoms with E-state index in [1.54, 1.807) is 18.2 Å². The van der Waals surface area contributed by atoms with Gasteiger partial charge in [-0.25, -0.2) is 15.0 Å². The normalized spacial score (nSPS) is 12.6. The highest BCUT2D eigenvalue weighted by Crippen LogP contribution is 2.33. The molecule has 0 aliphatic carbocycles. The predicted molar refractivity (Wildman–Crippen MR) is 197 cm³/mol. The van der Waals surface area contributed by atoms with Gasteiger partial charge < -0.3 is 19.7 Å². The highest BCUT2D eigenvalue weighted by molar-refractivity contribution is 5.79. The lowest BCUT2D eigenvalue weighted by molar-refractivity contribution is 0.0109. The Labute approximate surface area is 288 Å². The monoisotopic (exact) mass is 653 g/mol. The Morgan fingerprint density at radius 1 is 0.854 bits per heavy atom. The SMILES string of the molecule is C#C/C=C(\C(C)=C/CC)c1nc(-c2ccc(C)cc2C)nc(-c2ccc(OCC(O)COCCCCCCCCCCCC)cc2O)n1. The minimum Gasteiger partial charge on any atom is -0.507 e. The van der Waals surface area contributed by atoms with Crippen molar-refractivity contribution in [2.24, 2.45) is 0 Å². The Morgan fingerprint density at radius 3 is 2.12 bits per heavy atom. The number of aryl methyl sites for hydroxylation is 2. The molecule has 1 unspecified atom stereocenters. The second-order valence-corrected chi connectivity index (χ2v) is 12.5. The molecular weight excluding hydrogens is 598 g/mol. The van der Waals surface area contributed by atoms with Crippen LogP contribution in [0.4, 0.5) is 0 Å². The number of ether oxygens (including phenoxy) is 2. The summed E-state index contributed by atoms with van der Waals surface area (Å²) in [7, 11) is 0. The van der Waals surface area contributed by atoms with Gasteiger partial charge in [0, 0.05) is 23.8 Å². The largest absolute Gasteiger partial charge is 0.507 e. The smallest absolute Gasteiger partial charge is 0.167 e. The first kappa shape index (κ1) is 38.5. The summed E-state index contributed by atoms with van der Waals surface area (Å²) in [5.41, 5.74) is 5.14. The van der Waals surface area contributed by atoms with E-state index >= 15 is 0 Å². The van der Waals surface area contributed by atoms with Gasteiger partial charge in [0.25, 0.3) is 0 Å². The molecule has 0 fully saturated rings. The number of benzene rings is 2. The lowest BCUT2D eigenvalue weighted by Gasteiger charge is -2.15. The molecule has 2 N–H and O–H groups in total. The van der Waals surface area contributed by atoms with Gasteiger partial charge in [-0.15, -0.1) is 6.42 Å². The van der Waals surface area contributed by atoms with Gasteiger partial charge in [0.05, 0.1) is 12.2 Å². The van der Waals surface area contributed by atoms with E-state index in [9.17, 15) is 10.2 Å². The molecule has 0 spiro atoms. The summed E-state index contributed by atoms with van der Waals surface area (Å²) in [6.45, 7) is 11.2. The third-order valence-corrected chi connectivity index (χ3v) is 8.27. The average molecular weight is 654 g/mol. The number of aliphatic hydroxyl groups excluding tert-OH is 1. The maximum absolute atomic E-state index is 11.1. The zero-order chi connectivity index (χ0) is 34.7. The minimum atomic E-state index is -0.776. The van der Waals surface area contributed by atoms with Crippen LogP contribution in [0.1, 0.15) is 108 Å². The van der Waals surface area contributed by atoms with Crippen molar-refractivity contribution in [1.29, 1.82) is 0 Å². The van der Waals surface area contributed by atoms with Gasteiger partial charge in [-0.2, -0.15) is 0 Å². The van der Waals surface area contributed by atoms with Crippen molar-refractivity contribution < 1.29 is 19.7 Å². The Balaban J connectivity index is 1.64. The number of phenolic OH excluding ortho intramolecular Hbond substituents is 1. The Bertz CT molecular complexity index is 1540. The standard InChI is InChI=1S/C41H55N3O4/c1-7-10-11-12-13-14-15-16-17-18-25-47-28-33(45)29-48-34-22-24-37(38(46)27-34)41-43-39(35(20-9-3)31(5)19-8-2)42-40(44-41)36-23-21-30(4)26-32(36)6/h3,19-24,26-27,33,45-46H,7-8,10-18,25,28-29H2,1-2,4-6H3/b31-19-,35-20+. The second-order valence-electron chi connectivity index (χ2n) is 12.5. The third kappa shape index (κ3) is 12.6. The third-order valence-electron chi connectivity index (χ3n) is 8.27. The first-order valence-corrected chi connectivity index (χ1v) is 17.7. The van der Waals surface area contributed by atoms with Crippen LogP contribution in [0.2, 0.25) is 0 Å².